The molecule has 0 aromatic rings. The van der Waals surface area contributed by atoms with E-state index in [4.69, 9.17) is 0 Å². The van der Waals surface area contributed by atoms with Crippen molar-refractivity contribution in [3.05, 3.63) is 11.1 Å². The molecule has 0 amide bonds. The minimum absolute atomic E-state index is 0.503. The Morgan fingerprint density at radius 1 is 1.24 bits per heavy atom. The fourth-order valence-corrected chi connectivity index (χ4v) is 4.87. The minimum Gasteiger partial charge on any atom is -0.318 e. The van der Waals surface area contributed by atoms with Gasteiger partial charge in [-0.3, -0.25) is 0 Å². The van der Waals surface area contributed by atoms with Crippen LogP contribution in [0.5, 0.6) is 0 Å². The van der Waals surface area contributed by atoms with Crippen LogP contribution in [0.15, 0.2) is 11.1 Å². The summed E-state index contributed by atoms with van der Waals surface area (Å²) in [4.78, 5) is 0. The van der Waals surface area contributed by atoms with Crippen LogP contribution >= 0.6 is 0 Å². The smallest absolute Gasteiger partial charge is 0.118 e. The van der Waals surface area contributed by atoms with E-state index in [1.165, 1.54) is 62.5 Å². The van der Waals surface area contributed by atoms with E-state index in [9.17, 15) is 0 Å². The normalized spacial score (nSPS) is 45.7. The number of likely N-dealkylation sites (N-methyl/N-ethyl adjacent to an activating group) is 1. The fourth-order valence-electron chi connectivity index (χ4n) is 4.87. The summed E-state index contributed by atoms with van der Waals surface area (Å²) in [5, 5.41) is 0. The first-order chi connectivity index (χ1) is 8.09. The molecule has 1 saturated heterocycles. The number of quaternary nitrogens is 1. The second kappa shape index (κ2) is 3.85. The summed E-state index contributed by atoms with van der Waals surface area (Å²) >= 11 is 0. The van der Waals surface area contributed by atoms with E-state index >= 15 is 0 Å². The van der Waals surface area contributed by atoms with Crippen LogP contribution in [0.1, 0.15) is 58.8 Å². The van der Waals surface area contributed by atoms with Gasteiger partial charge in [0.25, 0.3) is 0 Å². The van der Waals surface area contributed by atoms with E-state index in [1.54, 1.807) is 0 Å². The van der Waals surface area contributed by atoms with Gasteiger partial charge in [-0.1, -0.05) is 18.9 Å². The molecule has 0 N–H and O–H groups in total. The molecule has 0 saturated carbocycles. The molecule has 3 atom stereocenters. The molecule has 0 aromatic carbocycles. The summed E-state index contributed by atoms with van der Waals surface area (Å²) < 4.78 is 1.35. The van der Waals surface area contributed by atoms with E-state index in [0.717, 1.165) is 5.92 Å². The molecule has 3 aliphatic rings. The van der Waals surface area contributed by atoms with Crippen molar-refractivity contribution in [3.63, 3.8) is 0 Å². The molecule has 1 aliphatic carbocycles. The molecule has 2 aliphatic heterocycles. The quantitative estimate of drug-likeness (QED) is 0.477. The van der Waals surface area contributed by atoms with Crippen molar-refractivity contribution in [2.24, 2.45) is 5.92 Å². The molecule has 17 heavy (non-hydrogen) atoms. The van der Waals surface area contributed by atoms with Crippen molar-refractivity contribution in [2.75, 3.05) is 20.1 Å². The number of fused-ring (bicyclic) bond motifs is 2. The van der Waals surface area contributed by atoms with Gasteiger partial charge in [-0.05, 0) is 44.1 Å². The molecule has 0 bridgehead atoms. The Morgan fingerprint density at radius 3 is 2.82 bits per heavy atom. The molecule has 1 fully saturated rings. The molecule has 1 nitrogen and oxygen atoms in total. The maximum absolute atomic E-state index is 2.59. The van der Waals surface area contributed by atoms with Crippen LogP contribution in [0.2, 0.25) is 0 Å². The van der Waals surface area contributed by atoms with Crippen molar-refractivity contribution < 1.29 is 4.48 Å². The van der Waals surface area contributed by atoms with Gasteiger partial charge < -0.3 is 4.48 Å². The van der Waals surface area contributed by atoms with Crippen molar-refractivity contribution in [1.82, 2.24) is 0 Å². The summed E-state index contributed by atoms with van der Waals surface area (Å²) in [6, 6.07) is 0. The topological polar surface area (TPSA) is 0 Å². The lowest BCUT2D eigenvalue weighted by atomic mass is 9.70. The van der Waals surface area contributed by atoms with Gasteiger partial charge in [0.15, 0.2) is 0 Å². The first-order valence-electron chi connectivity index (χ1n) is 7.65. The van der Waals surface area contributed by atoms with Crippen LogP contribution in [0.3, 0.4) is 0 Å². The largest absolute Gasteiger partial charge is 0.318 e. The third kappa shape index (κ3) is 1.54. The summed E-state index contributed by atoms with van der Waals surface area (Å²) in [6.45, 7) is 7.81. The highest BCUT2D eigenvalue weighted by atomic mass is 15.4. The van der Waals surface area contributed by atoms with Gasteiger partial charge in [-0.15, -0.1) is 0 Å². The SMILES string of the molecule is CC[C@@H]1CC[N@+]2(C)CCC3=C(CCC3)[C@@]2(C)C1. The highest BCUT2D eigenvalue weighted by Crippen LogP contribution is 2.51. The van der Waals surface area contributed by atoms with Crippen LogP contribution < -0.4 is 0 Å². The van der Waals surface area contributed by atoms with E-state index in [0.29, 0.717) is 5.54 Å². The molecule has 3 rings (SSSR count). The lowest BCUT2D eigenvalue weighted by Gasteiger charge is -2.57. The van der Waals surface area contributed by atoms with Gasteiger partial charge in [0, 0.05) is 12.8 Å². The van der Waals surface area contributed by atoms with Gasteiger partial charge in [-0.2, -0.15) is 0 Å². The van der Waals surface area contributed by atoms with Gasteiger partial charge in [0.1, 0.15) is 5.54 Å². The first kappa shape index (κ1) is 11.8. The highest BCUT2D eigenvalue weighted by Gasteiger charge is 2.54. The van der Waals surface area contributed by atoms with Crippen LogP contribution in [0.4, 0.5) is 0 Å². The average Bonchev–Trinajstić information content (AvgIpc) is 2.79. The van der Waals surface area contributed by atoms with Gasteiger partial charge in [0.2, 0.25) is 0 Å². The molecule has 0 unspecified atom stereocenters. The van der Waals surface area contributed by atoms with Crippen LogP contribution in [-0.2, 0) is 0 Å². The predicted molar refractivity (Wildman–Crippen MR) is 72.8 cm³/mol. The predicted octanol–water partition coefficient (Wildman–Crippen LogP) is 3.90. The fraction of sp³-hybridized carbons (Fsp3) is 0.875. The summed E-state index contributed by atoms with van der Waals surface area (Å²) in [7, 11) is 2.54. The maximum Gasteiger partial charge on any atom is 0.118 e. The molecule has 0 spiro atoms. The summed E-state index contributed by atoms with van der Waals surface area (Å²) in [5.74, 6) is 0.985. The first-order valence-corrected chi connectivity index (χ1v) is 7.65. The Kier molecular flexibility index (Phi) is 2.66. The van der Waals surface area contributed by atoms with Crippen LogP contribution in [0.25, 0.3) is 0 Å². The lowest BCUT2D eigenvalue weighted by molar-refractivity contribution is -0.959. The van der Waals surface area contributed by atoms with E-state index in [1.807, 2.05) is 11.1 Å². The van der Waals surface area contributed by atoms with E-state index < -0.39 is 0 Å². The van der Waals surface area contributed by atoms with Gasteiger partial charge >= 0.3 is 0 Å². The molecule has 96 valence electrons. The van der Waals surface area contributed by atoms with Gasteiger partial charge in [0.05, 0.1) is 20.1 Å². The zero-order valence-corrected chi connectivity index (χ0v) is 11.9. The monoisotopic (exact) mass is 234 g/mol. The highest BCUT2D eigenvalue weighted by molar-refractivity contribution is 5.30. The standard InChI is InChI=1S/C16H28N/c1-4-13-8-10-17(3)11-9-14-6-5-7-15(14)16(17,2)12-13/h13H,4-12H2,1-3H3/q+1/t13-,16-,17-/m1/s1. The second-order valence-electron chi connectivity index (χ2n) is 7.07. The molecule has 0 aromatic heterocycles. The average molecular weight is 234 g/mol. The summed E-state index contributed by atoms with van der Waals surface area (Å²) in [5.41, 5.74) is 4.26. The zero-order chi connectivity index (χ0) is 12.1. The van der Waals surface area contributed by atoms with Crippen LogP contribution in [0, 0.1) is 5.92 Å². The molecule has 2 heterocycles. The Labute approximate surface area is 106 Å². The Morgan fingerprint density at radius 2 is 2.06 bits per heavy atom. The number of hydrogen-bond donors (Lipinski definition) is 0. The van der Waals surface area contributed by atoms with Gasteiger partial charge in [-0.25, -0.2) is 0 Å². The van der Waals surface area contributed by atoms with Crippen molar-refractivity contribution in [3.8, 4) is 0 Å². The number of rotatable bonds is 1. The molecular formula is C16H28N+. The number of hydrogen-bond acceptors (Lipinski definition) is 0. The Bertz CT molecular complexity index is 357. The van der Waals surface area contributed by atoms with E-state index in [2.05, 4.69) is 20.9 Å². The zero-order valence-electron chi connectivity index (χ0n) is 11.9. The number of nitrogens with zero attached hydrogens (tertiary/aromatic N) is 1. The van der Waals surface area contributed by atoms with Crippen LogP contribution in [-0.4, -0.2) is 30.2 Å². The third-order valence-electron chi connectivity index (χ3n) is 6.38. The summed E-state index contributed by atoms with van der Waals surface area (Å²) in [6.07, 6.45) is 9.98. The maximum atomic E-state index is 2.59. The minimum atomic E-state index is 0.503. The van der Waals surface area contributed by atoms with Crippen molar-refractivity contribution in [1.29, 1.82) is 0 Å². The molecule has 1 heteroatoms. The van der Waals surface area contributed by atoms with Crippen molar-refractivity contribution >= 4 is 0 Å². The Balaban J connectivity index is 1.99. The molecular weight excluding hydrogens is 206 g/mol. The number of piperidine rings is 1. The third-order valence-corrected chi connectivity index (χ3v) is 6.38. The molecule has 0 radical (unpaired) electrons. The Hall–Kier alpha value is -0.300. The van der Waals surface area contributed by atoms with Crippen molar-refractivity contribution in [2.45, 2.75) is 64.3 Å². The second-order valence-corrected chi connectivity index (χ2v) is 7.07. The van der Waals surface area contributed by atoms with E-state index in [-0.39, 0.29) is 0 Å². The lowest BCUT2D eigenvalue weighted by Crippen LogP contribution is -2.67.